The van der Waals surface area contributed by atoms with Crippen LogP contribution in [0.2, 0.25) is 0 Å². The van der Waals surface area contributed by atoms with Crippen LogP contribution in [0, 0.1) is 3.57 Å². The Hall–Kier alpha value is -1.39. The molecule has 2 N–H and O–H groups in total. The predicted molar refractivity (Wildman–Crippen MR) is 85.7 cm³/mol. The zero-order valence-electron chi connectivity index (χ0n) is 10.9. The van der Waals surface area contributed by atoms with Gasteiger partial charge in [0, 0.05) is 29.1 Å². The molecule has 1 aromatic carbocycles. The molecule has 1 heterocycles. The number of hydrogen-bond acceptors (Lipinski definition) is 3. The summed E-state index contributed by atoms with van der Waals surface area (Å²) >= 11 is 1.86. The minimum absolute atomic E-state index is 0.0242. The molecular formula is C13H13IN2O4S. The SMILES string of the molecule is O=C(O)c1cc(S(=O)(=O)NCCn2cccc2)ccc1I. The molecule has 0 aliphatic carbocycles. The standard InChI is InChI=1S/C13H13IN2O4S/c14-12-4-3-10(9-11(12)13(17)18)21(19,20)15-5-8-16-6-1-2-7-16/h1-4,6-7,9,15H,5,8H2,(H,17,18). The van der Waals surface area contributed by atoms with Gasteiger partial charge in [0.25, 0.3) is 0 Å². The van der Waals surface area contributed by atoms with E-state index in [-0.39, 0.29) is 17.0 Å². The molecular weight excluding hydrogens is 407 g/mol. The molecule has 0 amide bonds. The largest absolute Gasteiger partial charge is 0.478 e. The molecule has 2 rings (SSSR count). The smallest absolute Gasteiger partial charge is 0.336 e. The fourth-order valence-electron chi connectivity index (χ4n) is 1.75. The van der Waals surface area contributed by atoms with Gasteiger partial charge < -0.3 is 9.67 Å². The van der Waals surface area contributed by atoms with Crippen LogP contribution in [0.25, 0.3) is 0 Å². The number of carbonyl (C=O) groups is 1. The van der Waals surface area contributed by atoms with Crippen molar-refractivity contribution in [2.45, 2.75) is 11.4 Å². The lowest BCUT2D eigenvalue weighted by Gasteiger charge is -2.09. The number of nitrogens with one attached hydrogen (secondary N) is 1. The summed E-state index contributed by atoms with van der Waals surface area (Å²) in [5.74, 6) is -1.15. The zero-order valence-corrected chi connectivity index (χ0v) is 13.8. The van der Waals surface area contributed by atoms with Crippen molar-refractivity contribution in [2.75, 3.05) is 6.54 Å². The predicted octanol–water partition coefficient (Wildman–Crippen LogP) is 1.77. The lowest BCUT2D eigenvalue weighted by molar-refractivity contribution is 0.0695. The van der Waals surface area contributed by atoms with E-state index in [0.717, 1.165) is 0 Å². The molecule has 8 heteroatoms. The topological polar surface area (TPSA) is 88.4 Å². The molecule has 0 spiro atoms. The van der Waals surface area contributed by atoms with Gasteiger partial charge in [-0.3, -0.25) is 0 Å². The highest BCUT2D eigenvalue weighted by atomic mass is 127. The van der Waals surface area contributed by atoms with E-state index in [2.05, 4.69) is 4.72 Å². The molecule has 0 atom stereocenters. The zero-order chi connectivity index (χ0) is 15.5. The number of hydrogen-bond donors (Lipinski definition) is 2. The van der Waals surface area contributed by atoms with Crippen LogP contribution in [-0.4, -0.2) is 30.6 Å². The summed E-state index contributed by atoms with van der Waals surface area (Å²) in [6, 6.07) is 7.75. The average Bonchev–Trinajstić information content (AvgIpc) is 2.91. The third kappa shape index (κ3) is 4.05. The van der Waals surface area contributed by atoms with Crippen LogP contribution in [0.3, 0.4) is 0 Å². The molecule has 0 aliphatic rings. The normalized spacial score (nSPS) is 11.5. The maximum absolute atomic E-state index is 12.1. The molecule has 21 heavy (non-hydrogen) atoms. The van der Waals surface area contributed by atoms with Crippen molar-refractivity contribution in [1.29, 1.82) is 0 Å². The number of aromatic carboxylic acids is 1. The van der Waals surface area contributed by atoms with Crippen LogP contribution in [0.5, 0.6) is 0 Å². The second kappa shape index (κ2) is 6.58. The van der Waals surface area contributed by atoms with E-state index in [1.807, 2.05) is 51.7 Å². The molecule has 0 radical (unpaired) electrons. The summed E-state index contributed by atoms with van der Waals surface area (Å²) in [4.78, 5) is 11.0. The molecule has 0 bridgehead atoms. The first kappa shape index (κ1) is 16.0. The maximum atomic E-state index is 12.1. The van der Waals surface area contributed by atoms with E-state index in [1.54, 1.807) is 0 Å². The molecule has 6 nitrogen and oxygen atoms in total. The highest BCUT2D eigenvalue weighted by molar-refractivity contribution is 14.1. The Morgan fingerprint density at radius 2 is 1.95 bits per heavy atom. The molecule has 0 saturated carbocycles. The lowest BCUT2D eigenvalue weighted by atomic mass is 10.2. The quantitative estimate of drug-likeness (QED) is 0.698. The van der Waals surface area contributed by atoms with Gasteiger partial charge in [0.2, 0.25) is 10.0 Å². The summed E-state index contributed by atoms with van der Waals surface area (Å²) in [5.41, 5.74) is -0.0242. The first-order chi connectivity index (χ1) is 9.90. The van der Waals surface area contributed by atoms with E-state index in [4.69, 9.17) is 5.11 Å². The Kier molecular flexibility index (Phi) is 5.01. The van der Waals surface area contributed by atoms with Crippen LogP contribution in [0.4, 0.5) is 0 Å². The van der Waals surface area contributed by atoms with Crippen LogP contribution in [-0.2, 0) is 16.6 Å². The minimum Gasteiger partial charge on any atom is -0.478 e. The summed E-state index contributed by atoms with van der Waals surface area (Å²) < 4.78 is 29.1. The van der Waals surface area contributed by atoms with Crippen molar-refractivity contribution in [3.05, 3.63) is 51.9 Å². The van der Waals surface area contributed by atoms with Gasteiger partial charge in [0.1, 0.15) is 0 Å². The highest BCUT2D eigenvalue weighted by Crippen LogP contribution is 2.17. The van der Waals surface area contributed by atoms with E-state index in [1.165, 1.54) is 18.2 Å². The fourth-order valence-corrected chi connectivity index (χ4v) is 3.36. The van der Waals surface area contributed by atoms with Crippen molar-refractivity contribution < 1.29 is 18.3 Å². The molecule has 1 aromatic heterocycles. The Labute approximate surface area is 136 Å². The fraction of sp³-hybridized carbons (Fsp3) is 0.154. The number of sulfonamides is 1. The van der Waals surface area contributed by atoms with Gasteiger partial charge in [0.05, 0.1) is 10.5 Å². The van der Waals surface area contributed by atoms with Crippen molar-refractivity contribution in [1.82, 2.24) is 9.29 Å². The summed E-state index contributed by atoms with van der Waals surface area (Å²) in [6.45, 7) is 0.730. The van der Waals surface area contributed by atoms with Crippen molar-refractivity contribution in [3.63, 3.8) is 0 Å². The Bertz CT molecular complexity index is 742. The van der Waals surface area contributed by atoms with Crippen molar-refractivity contribution in [3.8, 4) is 0 Å². The molecule has 112 valence electrons. The van der Waals surface area contributed by atoms with Gasteiger partial charge in [-0.05, 0) is 52.9 Å². The van der Waals surface area contributed by atoms with Gasteiger partial charge in [-0.2, -0.15) is 0 Å². The number of halogens is 1. The second-order valence-corrected chi connectivity index (χ2v) is 7.19. The van der Waals surface area contributed by atoms with Crippen LogP contribution in [0.15, 0.2) is 47.6 Å². The number of carboxylic acids is 1. The number of rotatable bonds is 6. The minimum atomic E-state index is -3.72. The van der Waals surface area contributed by atoms with Gasteiger partial charge in [-0.1, -0.05) is 0 Å². The van der Waals surface area contributed by atoms with Gasteiger partial charge in [-0.25, -0.2) is 17.9 Å². The van der Waals surface area contributed by atoms with Gasteiger partial charge >= 0.3 is 5.97 Å². The van der Waals surface area contributed by atoms with Crippen molar-refractivity contribution >= 4 is 38.6 Å². The van der Waals surface area contributed by atoms with Crippen LogP contribution >= 0.6 is 22.6 Å². The summed E-state index contributed by atoms with van der Waals surface area (Å²) in [7, 11) is -3.72. The molecule has 2 aromatic rings. The van der Waals surface area contributed by atoms with Crippen LogP contribution < -0.4 is 4.72 Å². The monoisotopic (exact) mass is 420 g/mol. The van der Waals surface area contributed by atoms with Crippen molar-refractivity contribution in [2.24, 2.45) is 0 Å². The lowest BCUT2D eigenvalue weighted by Crippen LogP contribution is -2.27. The van der Waals surface area contributed by atoms with E-state index in [9.17, 15) is 13.2 Å². The Balaban J connectivity index is 2.12. The number of benzene rings is 1. The van der Waals surface area contributed by atoms with E-state index < -0.39 is 16.0 Å². The van der Waals surface area contributed by atoms with E-state index >= 15 is 0 Å². The van der Waals surface area contributed by atoms with Gasteiger partial charge in [-0.15, -0.1) is 0 Å². The number of aromatic nitrogens is 1. The maximum Gasteiger partial charge on any atom is 0.336 e. The first-order valence-corrected chi connectivity index (χ1v) is 8.59. The summed E-state index contributed by atoms with van der Waals surface area (Å²) in [5, 5.41) is 9.03. The third-order valence-electron chi connectivity index (χ3n) is 2.81. The number of nitrogens with zero attached hydrogens (tertiary/aromatic N) is 1. The van der Waals surface area contributed by atoms with Gasteiger partial charge in [0.15, 0.2) is 0 Å². The highest BCUT2D eigenvalue weighted by Gasteiger charge is 2.17. The average molecular weight is 420 g/mol. The summed E-state index contributed by atoms with van der Waals surface area (Å²) in [6.07, 6.45) is 3.67. The van der Waals surface area contributed by atoms with E-state index in [0.29, 0.717) is 10.1 Å². The van der Waals surface area contributed by atoms with Crippen LogP contribution in [0.1, 0.15) is 10.4 Å². The molecule has 0 aliphatic heterocycles. The molecule has 0 saturated heterocycles. The Morgan fingerprint density at radius 1 is 1.29 bits per heavy atom. The molecule has 0 fully saturated rings. The first-order valence-electron chi connectivity index (χ1n) is 6.03. The Morgan fingerprint density at radius 3 is 2.57 bits per heavy atom. The number of carboxylic acid groups (broad SMARTS) is 1. The second-order valence-electron chi connectivity index (χ2n) is 4.27. The molecule has 0 unspecified atom stereocenters. The third-order valence-corrected chi connectivity index (χ3v) is 5.21.